The van der Waals surface area contributed by atoms with E-state index in [1.165, 1.54) is 12.8 Å². The average molecular weight is 236 g/mol. The highest BCUT2D eigenvalue weighted by molar-refractivity contribution is 5.23. The van der Waals surface area contributed by atoms with E-state index < -0.39 is 0 Å². The van der Waals surface area contributed by atoms with Crippen LogP contribution in [0.1, 0.15) is 30.4 Å². The van der Waals surface area contributed by atoms with Crippen LogP contribution in [-0.4, -0.2) is 19.1 Å². The molecule has 2 nitrogen and oxygen atoms in total. The third-order valence-corrected chi connectivity index (χ3v) is 2.97. The van der Waals surface area contributed by atoms with Gasteiger partial charge in [0.2, 0.25) is 0 Å². The van der Waals surface area contributed by atoms with Crippen LogP contribution < -0.4 is 10.6 Å². The molecule has 1 aliphatic rings. The van der Waals surface area contributed by atoms with Crippen molar-refractivity contribution in [1.82, 2.24) is 10.6 Å². The van der Waals surface area contributed by atoms with Crippen LogP contribution >= 0.6 is 0 Å². The van der Waals surface area contributed by atoms with Crippen molar-refractivity contribution in [2.45, 2.75) is 38.8 Å². The zero-order valence-electron chi connectivity index (χ0n) is 10.4. The van der Waals surface area contributed by atoms with E-state index in [-0.39, 0.29) is 5.82 Å². The third kappa shape index (κ3) is 4.84. The molecular weight excluding hydrogens is 215 g/mol. The van der Waals surface area contributed by atoms with Crippen molar-refractivity contribution in [2.75, 3.05) is 13.1 Å². The quantitative estimate of drug-likeness (QED) is 0.710. The monoisotopic (exact) mass is 236 g/mol. The first-order valence-corrected chi connectivity index (χ1v) is 6.44. The van der Waals surface area contributed by atoms with Crippen LogP contribution in [0.4, 0.5) is 4.39 Å². The molecule has 1 aliphatic carbocycles. The van der Waals surface area contributed by atoms with Gasteiger partial charge in [-0.15, -0.1) is 0 Å². The lowest BCUT2D eigenvalue weighted by Gasteiger charge is -2.06. The fourth-order valence-corrected chi connectivity index (χ4v) is 1.95. The average Bonchev–Trinajstić information content (AvgIpc) is 3.05. The molecule has 2 N–H and O–H groups in total. The molecule has 0 spiro atoms. The van der Waals surface area contributed by atoms with E-state index in [2.05, 4.69) is 10.6 Å². The second-order valence-corrected chi connectivity index (χ2v) is 4.90. The molecule has 1 aromatic carbocycles. The molecule has 2 rings (SSSR count). The van der Waals surface area contributed by atoms with E-state index in [9.17, 15) is 4.39 Å². The van der Waals surface area contributed by atoms with Gasteiger partial charge >= 0.3 is 0 Å². The lowest BCUT2D eigenvalue weighted by molar-refractivity contribution is 0.588. The van der Waals surface area contributed by atoms with Crippen LogP contribution in [0.5, 0.6) is 0 Å². The predicted molar refractivity (Wildman–Crippen MR) is 68.5 cm³/mol. The van der Waals surface area contributed by atoms with Crippen molar-refractivity contribution < 1.29 is 4.39 Å². The molecule has 0 heterocycles. The van der Waals surface area contributed by atoms with Gasteiger partial charge in [0.05, 0.1) is 0 Å². The van der Waals surface area contributed by atoms with Crippen LogP contribution in [0.25, 0.3) is 0 Å². The molecule has 0 amide bonds. The van der Waals surface area contributed by atoms with Gasteiger partial charge in [-0.3, -0.25) is 0 Å². The Balaban J connectivity index is 1.59. The Morgan fingerprint density at radius 1 is 1.24 bits per heavy atom. The van der Waals surface area contributed by atoms with Gasteiger partial charge in [0, 0.05) is 12.6 Å². The molecular formula is C14H21FN2. The van der Waals surface area contributed by atoms with Gasteiger partial charge in [0.15, 0.2) is 0 Å². The fourth-order valence-electron chi connectivity index (χ4n) is 1.95. The maximum atomic E-state index is 13.1. The number of rotatable bonds is 7. The van der Waals surface area contributed by atoms with E-state index in [1.54, 1.807) is 12.1 Å². The van der Waals surface area contributed by atoms with Crippen molar-refractivity contribution in [1.29, 1.82) is 0 Å². The van der Waals surface area contributed by atoms with Crippen LogP contribution in [0, 0.1) is 12.7 Å². The van der Waals surface area contributed by atoms with E-state index in [0.29, 0.717) is 0 Å². The molecule has 17 heavy (non-hydrogen) atoms. The second-order valence-electron chi connectivity index (χ2n) is 4.90. The number of hydrogen-bond donors (Lipinski definition) is 2. The highest BCUT2D eigenvalue weighted by Crippen LogP contribution is 2.18. The summed E-state index contributed by atoms with van der Waals surface area (Å²) < 4.78 is 13.1. The highest BCUT2D eigenvalue weighted by Gasteiger charge is 2.19. The topological polar surface area (TPSA) is 24.1 Å². The van der Waals surface area contributed by atoms with Crippen LogP contribution in [-0.2, 0) is 6.54 Å². The normalized spacial score (nSPS) is 15.2. The summed E-state index contributed by atoms with van der Waals surface area (Å²) in [5.74, 6) is -0.141. The van der Waals surface area contributed by atoms with Crippen molar-refractivity contribution in [3.05, 3.63) is 35.1 Å². The van der Waals surface area contributed by atoms with E-state index in [1.807, 2.05) is 13.0 Å². The summed E-state index contributed by atoms with van der Waals surface area (Å²) >= 11 is 0. The molecule has 0 radical (unpaired) electrons. The van der Waals surface area contributed by atoms with Crippen LogP contribution in [0.15, 0.2) is 18.2 Å². The zero-order valence-corrected chi connectivity index (χ0v) is 10.4. The molecule has 0 saturated heterocycles. The minimum atomic E-state index is -0.141. The minimum absolute atomic E-state index is 0.141. The summed E-state index contributed by atoms with van der Waals surface area (Å²) in [5, 5.41) is 6.82. The summed E-state index contributed by atoms with van der Waals surface area (Å²) in [6.07, 6.45) is 3.82. The zero-order chi connectivity index (χ0) is 12.1. The van der Waals surface area contributed by atoms with Gasteiger partial charge in [0.25, 0.3) is 0 Å². The molecule has 0 bridgehead atoms. The van der Waals surface area contributed by atoms with Crippen molar-refractivity contribution in [2.24, 2.45) is 0 Å². The van der Waals surface area contributed by atoms with Crippen molar-refractivity contribution in [3.63, 3.8) is 0 Å². The maximum Gasteiger partial charge on any atom is 0.123 e. The van der Waals surface area contributed by atoms with Gasteiger partial charge in [-0.25, -0.2) is 4.39 Å². The summed E-state index contributed by atoms with van der Waals surface area (Å²) in [7, 11) is 0. The largest absolute Gasteiger partial charge is 0.314 e. The molecule has 3 heteroatoms. The van der Waals surface area contributed by atoms with E-state index in [0.717, 1.165) is 43.2 Å². The SMILES string of the molecule is Cc1cc(F)cc(CNCCCNC2CC2)c1. The van der Waals surface area contributed by atoms with Gasteiger partial charge in [-0.05, 0) is 62.5 Å². The Labute approximate surface area is 103 Å². The van der Waals surface area contributed by atoms with E-state index in [4.69, 9.17) is 0 Å². The van der Waals surface area contributed by atoms with Crippen LogP contribution in [0.3, 0.4) is 0 Å². The first kappa shape index (κ1) is 12.5. The molecule has 1 saturated carbocycles. The smallest absolute Gasteiger partial charge is 0.123 e. The molecule has 1 aromatic rings. The van der Waals surface area contributed by atoms with Gasteiger partial charge in [0.1, 0.15) is 5.82 Å². The van der Waals surface area contributed by atoms with E-state index >= 15 is 0 Å². The lowest BCUT2D eigenvalue weighted by atomic mass is 10.1. The first-order chi connectivity index (χ1) is 8.24. The molecule has 94 valence electrons. The van der Waals surface area contributed by atoms with Gasteiger partial charge in [-0.2, -0.15) is 0 Å². The lowest BCUT2D eigenvalue weighted by Crippen LogP contribution is -2.23. The Bertz CT molecular complexity index is 341. The van der Waals surface area contributed by atoms with Crippen molar-refractivity contribution >= 4 is 0 Å². The van der Waals surface area contributed by atoms with Gasteiger partial charge < -0.3 is 10.6 Å². The summed E-state index contributed by atoms with van der Waals surface area (Å²) in [5.41, 5.74) is 2.01. The Kier molecular flexibility index (Phi) is 4.51. The summed E-state index contributed by atoms with van der Waals surface area (Å²) in [4.78, 5) is 0. The number of benzene rings is 1. The molecule has 0 aliphatic heterocycles. The molecule has 1 fully saturated rings. The summed E-state index contributed by atoms with van der Waals surface area (Å²) in [6.45, 7) is 4.74. The minimum Gasteiger partial charge on any atom is -0.314 e. The number of aryl methyl sites for hydroxylation is 1. The van der Waals surface area contributed by atoms with Crippen molar-refractivity contribution in [3.8, 4) is 0 Å². The maximum absolute atomic E-state index is 13.1. The van der Waals surface area contributed by atoms with Gasteiger partial charge in [-0.1, -0.05) is 6.07 Å². The summed E-state index contributed by atoms with van der Waals surface area (Å²) in [6, 6.07) is 5.98. The highest BCUT2D eigenvalue weighted by atomic mass is 19.1. The molecule has 0 unspecified atom stereocenters. The third-order valence-electron chi connectivity index (χ3n) is 2.97. The first-order valence-electron chi connectivity index (χ1n) is 6.44. The second kappa shape index (κ2) is 6.12. The molecule has 0 aromatic heterocycles. The number of hydrogen-bond acceptors (Lipinski definition) is 2. The number of nitrogens with one attached hydrogen (secondary N) is 2. The fraction of sp³-hybridized carbons (Fsp3) is 0.571. The Hall–Kier alpha value is -0.930. The number of halogens is 1. The standard InChI is InChI=1S/C14H21FN2/c1-11-7-12(9-13(15)8-11)10-16-5-2-6-17-14-3-4-14/h7-9,14,16-17H,2-6,10H2,1H3. The Morgan fingerprint density at radius 2 is 2.06 bits per heavy atom. The van der Waals surface area contributed by atoms with Crippen LogP contribution in [0.2, 0.25) is 0 Å². The Morgan fingerprint density at radius 3 is 2.76 bits per heavy atom. The molecule has 0 atom stereocenters. The predicted octanol–water partition coefficient (Wildman–Crippen LogP) is 2.37.